The van der Waals surface area contributed by atoms with Crippen LogP contribution in [0.15, 0.2) is 53.4 Å². The first-order valence-electron chi connectivity index (χ1n) is 11.0. The van der Waals surface area contributed by atoms with E-state index in [-0.39, 0.29) is 22.4 Å². The lowest BCUT2D eigenvalue weighted by Crippen LogP contribution is -2.42. The SMILES string of the molecule is C[C@@H]1CCCC[C@H]1NC(=O)COC(=O)c1cccc(S(=O)(=O)N2CCc3ccccc32)c1. The summed E-state index contributed by atoms with van der Waals surface area (Å²) in [5, 5.41) is 2.94. The smallest absolute Gasteiger partial charge is 0.338 e. The molecule has 1 aliphatic heterocycles. The van der Waals surface area contributed by atoms with E-state index in [0.717, 1.165) is 24.8 Å². The second-order valence-electron chi connectivity index (χ2n) is 8.50. The standard InChI is InChI=1S/C24H28N2O5S/c1-17-7-2-4-11-21(17)25-23(27)16-31-24(28)19-9-6-10-20(15-19)32(29,30)26-14-13-18-8-3-5-12-22(18)26/h3,5-6,8-10,12,15,17,21H,2,4,7,11,13-14,16H2,1H3,(H,25,27)/t17-,21-/m1/s1. The first kappa shape index (κ1) is 22.3. The Morgan fingerprint density at radius 3 is 2.69 bits per heavy atom. The largest absolute Gasteiger partial charge is 0.452 e. The number of hydrogen-bond acceptors (Lipinski definition) is 5. The molecule has 2 aromatic rings. The fraction of sp³-hybridized carbons (Fsp3) is 0.417. The summed E-state index contributed by atoms with van der Waals surface area (Å²) < 4.78 is 32.9. The maximum absolute atomic E-state index is 13.2. The number of anilines is 1. The predicted octanol–water partition coefficient (Wildman–Crippen LogP) is 3.29. The van der Waals surface area contributed by atoms with Crippen LogP contribution in [0, 0.1) is 5.92 Å². The highest BCUT2D eigenvalue weighted by Gasteiger charge is 2.31. The van der Waals surface area contributed by atoms with Gasteiger partial charge in [0.1, 0.15) is 0 Å². The highest BCUT2D eigenvalue weighted by Crippen LogP contribution is 2.32. The van der Waals surface area contributed by atoms with Crippen molar-refractivity contribution in [3.05, 3.63) is 59.7 Å². The molecule has 4 rings (SSSR count). The van der Waals surface area contributed by atoms with Crippen molar-refractivity contribution < 1.29 is 22.7 Å². The third-order valence-electron chi connectivity index (χ3n) is 6.29. The Morgan fingerprint density at radius 2 is 1.88 bits per heavy atom. The third-order valence-corrected chi connectivity index (χ3v) is 8.10. The van der Waals surface area contributed by atoms with Crippen molar-refractivity contribution in [1.29, 1.82) is 0 Å². The van der Waals surface area contributed by atoms with Crippen molar-refractivity contribution in [2.45, 2.75) is 50.0 Å². The molecule has 2 aromatic carbocycles. The summed E-state index contributed by atoms with van der Waals surface area (Å²) >= 11 is 0. The number of para-hydroxylation sites is 1. The van der Waals surface area contributed by atoms with Gasteiger partial charge in [0.05, 0.1) is 16.1 Å². The molecule has 8 heteroatoms. The summed E-state index contributed by atoms with van der Waals surface area (Å²) in [4.78, 5) is 24.7. The van der Waals surface area contributed by atoms with Crippen LogP contribution in [0.25, 0.3) is 0 Å². The molecule has 170 valence electrons. The lowest BCUT2D eigenvalue weighted by molar-refractivity contribution is -0.125. The normalized spacial score (nSPS) is 20.5. The van der Waals surface area contributed by atoms with Crippen LogP contribution < -0.4 is 9.62 Å². The molecule has 1 N–H and O–H groups in total. The van der Waals surface area contributed by atoms with E-state index in [1.54, 1.807) is 12.1 Å². The maximum atomic E-state index is 13.2. The molecule has 1 amide bonds. The van der Waals surface area contributed by atoms with Gasteiger partial charge < -0.3 is 10.1 Å². The Hall–Kier alpha value is -2.87. The van der Waals surface area contributed by atoms with E-state index in [1.807, 2.05) is 12.1 Å². The van der Waals surface area contributed by atoms with Crippen molar-refractivity contribution in [2.24, 2.45) is 5.92 Å². The minimum absolute atomic E-state index is 0.0177. The molecule has 1 heterocycles. The number of nitrogens with zero attached hydrogens (tertiary/aromatic N) is 1. The Labute approximate surface area is 188 Å². The molecular weight excluding hydrogens is 428 g/mol. The van der Waals surface area contributed by atoms with Gasteiger partial charge >= 0.3 is 5.97 Å². The van der Waals surface area contributed by atoms with Gasteiger partial charge in [-0.1, -0.05) is 44.0 Å². The van der Waals surface area contributed by atoms with Crippen molar-refractivity contribution in [2.75, 3.05) is 17.5 Å². The zero-order chi connectivity index (χ0) is 22.7. The zero-order valence-corrected chi connectivity index (χ0v) is 18.9. The van der Waals surface area contributed by atoms with Crippen LogP contribution in [0.1, 0.15) is 48.5 Å². The van der Waals surface area contributed by atoms with Gasteiger partial charge in [0.15, 0.2) is 6.61 Å². The van der Waals surface area contributed by atoms with Crippen molar-refractivity contribution in [3.8, 4) is 0 Å². The lowest BCUT2D eigenvalue weighted by Gasteiger charge is -2.29. The summed E-state index contributed by atoms with van der Waals surface area (Å²) in [5.74, 6) is -0.661. The van der Waals surface area contributed by atoms with Gasteiger partial charge in [0.2, 0.25) is 0 Å². The zero-order valence-electron chi connectivity index (χ0n) is 18.1. The second-order valence-corrected chi connectivity index (χ2v) is 10.4. The Kier molecular flexibility index (Phi) is 6.50. The number of ether oxygens (including phenoxy) is 1. The number of rotatable bonds is 6. The highest BCUT2D eigenvalue weighted by molar-refractivity contribution is 7.92. The average Bonchev–Trinajstić information content (AvgIpc) is 3.24. The van der Waals surface area contributed by atoms with Gasteiger partial charge in [0.25, 0.3) is 15.9 Å². The fourth-order valence-electron chi connectivity index (χ4n) is 4.46. The molecule has 1 aliphatic carbocycles. The van der Waals surface area contributed by atoms with E-state index < -0.39 is 22.6 Å². The number of sulfonamides is 1. The van der Waals surface area contributed by atoms with Crippen LogP contribution in [-0.2, 0) is 26.0 Å². The van der Waals surface area contributed by atoms with Crippen LogP contribution in [0.2, 0.25) is 0 Å². The molecule has 2 aliphatic rings. The molecule has 0 spiro atoms. The number of esters is 1. The highest BCUT2D eigenvalue weighted by atomic mass is 32.2. The van der Waals surface area contributed by atoms with E-state index in [1.165, 1.54) is 35.0 Å². The van der Waals surface area contributed by atoms with Crippen LogP contribution >= 0.6 is 0 Å². The molecule has 0 saturated heterocycles. The third kappa shape index (κ3) is 4.65. The molecule has 1 fully saturated rings. The maximum Gasteiger partial charge on any atom is 0.338 e. The fourth-order valence-corrected chi connectivity index (χ4v) is 6.01. The van der Waals surface area contributed by atoms with Gasteiger partial charge in [-0.3, -0.25) is 9.10 Å². The van der Waals surface area contributed by atoms with Crippen molar-refractivity contribution in [1.82, 2.24) is 5.32 Å². The van der Waals surface area contributed by atoms with Crippen LogP contribution in [0.3, 0.4) is 0 Å². The van der Waals surface area contributed by atoms with Crippen LogP contribution in [0.4, 0.5) is 5.69 Å². The first-order valence-corrected chi connectivity index (χ1v) is 12.5. The Morgan fingerprint density at radius 1 is 1.09 bits per heavy atom. The number of amides is 1. The number of carbonyl (C=O) groups excluding carboxylic acids is 2. The molecule has 0 unspecified atom stereocenters. The van der Waals surface area contributed by atoms with Crippen LogP contribution in [0.5, 0.6) is 0 Å². The topological polar surface area (TPSA) is 92.8 Å². The van der Waals surface area contributed by atoms with Crippen molar-refractivity contribution in [3.63, 3.8) is 0 Å². The van der Waals surface area contributed by atoms with Crippen molar-refractivity contribution >= 4 is 27.6 Å². The van der Waals surface area contributed by atoms with Gasteiger partial charge in [-0.05, 0) is 55.0 Å². The monoisotopic (exact) mass is 456 g/mol. The van der Waals surface area contributed by atoms with E-state index in [4.69, 9.17) is 4.74 Å². The van der Waals surface area contributed by atoms with E-state index >= 15 is 0 Å². The molecule has 0 aromatic heterocycles. The molecule has 0 radical (unpaired) electrons. The molecular formula is C24H28N2O5S. The summed E-state index contributed by atoms with van der Waals surface area (Å²) in [7, 11) is -3.82. The molecule has 32 heavy (non-hydrogen) atoms. The quantitative estimate of drug-likeness (QED) is 0.674. The number of hydrogen-bond donors (Lipinski definition) is 1. The first-order chi connectivity index (χ1) is 15.4. The van der Waals surface area contributed by atoms with Gasteiger partial charge in [-0.2, -0.15) is 0 Å². The number of fused-ring (bicyclic) bond motifs is 1. The Balaban J connectivity index is 1.41. The van der Waals surface area contributed by atoms with Gasteiger partial charge in [-0.15, -0.1) is 0 Å². The number of carbonyl (C=O) groups is 2. The number of benzene rings is 2. The molecule has 1 saturated carbocycles. The summed E-state index contributed by atoms with van der Waals surface area (Å²) in [6.45, 7) is 2.08. The average molecular weight is 457 g/mol. The minimum Gasteiger partial charge on any atom is -0.452 e. The summed E-state index contributed by atoms with van der Waals surface area (Å²) in [6, 6.07) is 13.3. The van der Waals surface area contributed by atoms with Gasteiger partial charge in [-0.25, -0.2) is 13.2 Å². The predicted molar refractivity (Wildman–Crippen MR) is 121 cm³/mol. The van der Waals surface area contributed by atoms with E-state index in [9.17, 15) is 18.0 Å². The van der Waals surface area contributed by atoms with Gasteiger partial charge in [0, 0.05) is 12.6 Å². The molecule has 2 atom stereocenters. The summed E-state index contributed by atoms with van der Waals surface area (Å²) in [6.07, 6.45) is 4.91. The second kappa shape index (κ2) is 9.32. The number of nitrogens with one attached hydrogen (secondary N) is 1. The molecule has 0 bridgehead atoms. The van der Waals surface area contributed by atoms with E-state index in [2.05, 4.69) is 12.2 Å². The summed E-state index contributed by atoms with van der Waals surface area (Å²) in [5.41, 5.74) is 1.73. The van der Waals surface area contributed by atoms with Crippen LogP contribution in [-0.4, -0.2) is 39.5 Å². The minimum atomic E-state index is -3.82. The molecule has 7 nitrogen and oxygen atoms in total. The Bertz CT molecular complexity index is 1110. The van der Waals surface area contributed by atoms with E-state index in [0.29, 0.717) is 24.6 Å². The lowest BCUT2D eigenvalue weighted by atomic mass is 9.86.